The average molecular weight is 214 g/mol. The highest BCUT2D eigenvalue weighted by Crippen LogP contribution is 2.21. The van der Waals surface area contributed by atoms with Gasteiger partial charge in [0.2, 0.25) is 5.28 Å². The van der Waals surface area contributed by atoms with E-state index in [-0.39, 0.29) is 0 Å². The molecule has 0 amide bonds. The lowest BCUT2D eigenvalue weighted by Crippen LogP contribution is -2.52. The second-order valence-corrected chi connectivity index (χ2v) is 3.74. The summed E-state index contributed by atoms with van der Waals surface area (Å²) < 4.78 is 5.18. The van der Waals surface area contributed by atoms with Gasteiger partial charge in [-0.05, 0) is 18.5 Å². The lowest BCUT2D eigenvalue weighted by atomic mass is 10.1. The predicted molar refractivity (Wildman–Crippen MR) is 54.8 cm³/mol. The van der Waals surface area contributed by atoms with Crippen molar-refractivity contribution in [2.75, 3.05) is 25.1 Å². The van der Waals surface area contributed by atoms with Crippen LogP contribution in [0.4, 0.5) is 5.82 Å². The highest BCUT2D eigenvalue weighted by Gasteiger charge is 2.27. The molecule has 0 bridgehead atoms. The standard InChI is InChI=1S/C9H12ClN3O/c1-6-3-8(12-9(10)11-6)13-4-7(5-13)14-2/h3,7H,4-5H2,1-2H3. The lowest BCUT2D eigenvalue weighted by Gasteiger charge is -2.39. The molecule has 1 aromatic rings. The summed E-state index contributed by atoms with van der Waals surface area (Å²) >= 11 is 5.77. The topological polar surface area (TPSA) is 38.2 Å². The minimum Gasteiger partial charge on any atom is -0.378 e. The highest BCUT2D eigenvalue weighted by molar-refractivity contribution is 6.28. The molecule has 1 aliphatic heterocycles. The van der Waals surface area contributed by atoms with E-state index in [2.05, 4.69) is 14.9 Å². The molecule has 0 atom stereocenters. The maximum Gasteiger partial charge on any atom is 0.224 e. The number of rotatable bonds is 2. The number of ether oxygens (including phenoxy) is 1. The summed E-state index contributed by atoms with van der Waals surface area (Å²) in [4.78, 5) is 10.3. The number of anilines is 1. The molecule has 0 aliphatic carbocycles. The molecule has 0 spiro atoms. The maximum atomic E-state index is 5.77. The van der Waals surface area contributed by atoms with Crippen LogP contribution in [0.5, 0.6) is 0 Å². The second-order valence-electron chi connectivity index (χ2n) is 3.40. The summed E-state index contributed by atoms with van der Waals surface area (Å²) in [5, 5.41) is 0.306. The SMILES string of the molecule is COC1CN(c2cc(C)nc(Cl)n2)C1. The van der Waals surface area contributed by atoms with E-state index in [0.29, 0.717) is 11.4 Å². The number of methoxy groups -OCH3 is 1. The molecule has 0 radical (unpaired) electrons. The van der Waals surface area contributed by atoms with E-state index < -0.39 is 0 Å². The van der Waals surface area contributed by atoms with Crippen LogP contribution in [0.1, 0.15) is 5.69 Å². The summed E-state index contributed by atoms with van der Waals surface area (Å²) in [6.07, 6.45) is 0.323. The van der Waals surface area contributed by atoms with E-state index in [9.17, 15) is 0 Å². The minimum absolute atomic E-state index is 0.306. The molecule has 2 heterocycles. The Bertz CT molecular complexity index is 319. The van der Waals surface area contributed by atoms with E-state index in [0.717, 1.165) is 24.6 Å². The third kappa shape index (κ3) is 1.81. The molecule has 0 unspecified atom stereocenters. The average Bonchev–Trinajstić information content (AvgIpc) is 2.00. The molecule has 5 heteroatoms. The maximum absolute atomic E-state index is 5.77. The van der Waals surface area contributed by atoms with E-state index in [1.54, 1.807) is 7.11 Å². The van der Waals surface area contributed by atoms with Crippen LogP contribution in [-0.4, -0.2) is 36.3 Å². The Kier molecular flexibility index (Phi) is 2.56. The van der Waals surface area contributed by atoms with Gasteiger partial charge in [-0.15, -0.1) is 0 Å². The molecule has 1 saturated heterocycles. The van der Waals surface area contributed by atoms with E-state index in [1.807, 2.05) is 13.0 Å². The zero-order valence-electron chi connectivity index (χ0n) is 8.20. The smallest absolute Gasteiger partial charge is 0.224 e. The van der Waals surface area contributed by atoms with Crippen LogP contribution >= 0.6 is 11.6 Å². The van der Waals surface area contributed by atoms with Crippen LogP contribution in [0, 0.1) is 6.92 Å². The normalized spacial score (nSPS) is 16.9. The van der Waals surface area contributed by atoms with Crippen molar-refractivity contribution in [3.63, 3.8) is 0 Å². The Labute approximate surface area is 87.9 Å². The fraction of sp³-hybridized carbons (Fsp3) is 0.556. The fourth-order valence-corrected chi connectivity index (χ4v) is 1.67. The molecule has 2 rings (SSSR count). The summed E-state index contributed by atoms with van der Waals surface area (Å²) in [5.74, 6) is 0.885. The van der Waals surface area contributed by atoms with Crippen molar-refractivity contribution in [1.29, 1.82) is 0 Å². The quantitative estimate of drug-likeness (QED) is 0.694. The van der Waals surface area contributed by atoms with Crippen LogP contribution in [0.15, 0.2) is 6.07 Å². The molecule has 1 aliphatic rings. The summed E-state index contributed by atoms with van der Waals surface area (Å²) in [5.41, 5.74) is 0.890. The third-order valence-electron chi connectivity index (χ3n) is 2.32. The molecule has 0 N–H and O–H groups in total. The second kappa shape index (κ2) is 3.71. The Balaban J connectivity index is 2.10. The summed E-state index contributed by atoms with van der Waals surface area (Å²) in [6, 6.07) is 1.93. The largest absolute Gasteiger partial charge is 0.378 e. The van der Waals surface area contributed by atoms with Crippen molar-refractivity contribution in [2.45, 2.75) is 13.0 Å². The van der Waals surface area contributed by atoms with Crippen LogP contribution in [-0.2, 0) is 4.74 Å². The number of aryl methyl sites for hydroxylation is 1. The Morgan fingerprint density at radius 3 is 2.79 bits per heavy atom. The molecule has 0 aromatic carbocycles. The van der Waals surface area contributed by atoms with Crippen molar-refractivity contribution < 1.29 is 4.74 Å². The number of hydrogen-bond donors (Lipinski definition) is 0. The van der Waals surface area contributed by atoms with Crippen LogP contribution < -0.4 is 4.90 Å². The number of halogens is 1. The zero-order chi connectivity index (χ0) is 10.1. The molecule has 1 fully saturated rings. The van der Waals surface area contributed by atoms with Crippen molar-refractivity contribution in [3.8, 4) is 0 Å². The molecule has 4 nitrogen and oxygen atoms in total. The lowest BCUT2D eigenvalue weighted by molar-refractivity contribution is 0.0783. The summed E-state index contributed by atoms with van der Waals surface area (Å²) in [7, 11) is 1.72. The van der Waals surface area contributed by atoms with E-state index in [1.165, 1.54) is 0 Å². The van der Waals surface area contributed by atoms with Crippen molar-refractivity contribution in [2.24, 2.45) is 0 Å². The van der Waals surface area contributed by atoms with Gasteiger partial charge in [0.25, 0.3) is 0 Å². The van der Waals surface area contributed by atoms with Gasteiger partial charge in [-0.3, -0.25) is 0 Å². The Hall–Kier alpha value is -0.870. The van der Waals surface area contributed by atoms with Gasteiger partial charge < -0.3 is 9.64 Å². The highest BCUT2D eigenvalue weighted by atomic mass is 35.5. The molecule has 76 valence electrons. The van der Waals surface area contributed by atoms with Gasteiger partial charge in [-0.2, -0.15) is 0 Å². The molecule has 1 aromatic heterocycles. The number of hydrogen-bond acceptors (Lipinski definition) is 4. The van der Waals surface area contributed by atoms with Gasteiger partial charge in [0.15, 0.2) is 0 Å². The van der Waals surface area contributed by atoms with Gasteiger partial charge in [0.1, 0.15) is 5.82 Å². The van der Waals surface area contributed by atoms with Gasteiger partial charge in [0, 0.05) is 32.0 Å². The Morgan fingerprint density at radius 1 is 1.50 bits per heavy atom. The summed E-state index contributed by atoms with van der Waals surface area (Å²) in [6.45, 7) is 3.66. The minimum atomic E-state index is 0.306. The molecule has 14 heavy (non-hydrogen) atoms. The van der Waals surface area contributed by atoms with Crippen LogP contribution in [0.25, 0.3) is 0 Å². The fourth-order valence-electron chi connectivity index (χ4n) is 1.45. The molecule has 0 saturated carbocycles. The molecular formula is C9H12ClN3O. The van der Waals surface area contributed by atoms with Crippen molar-refractivity contribution in [1.82, 2.24) is 9.97 Å². The first kappa shape index (κ1) is 9.68. The van der Waals surface area contributed by atoms with E-state index >= 15 is 0 Å². The van der Waals surface area contributed by atoms with Crippen molar-refractivity contribution in [3.05, 3.63) is 17.0 Å². The number of nitrogens with zero attached hydrogens (tertiary/aromatic N) is 3. The van der Waals surface area contributed by atoms with Gasteiger partial charge >= 0.3 is 0 Å². The van der Waals surface area contributed by atoms with Gasteiger partial charge in [-0.1, -0.05) is 0 Å². The number of aromatic nitrogens is 2. The zero-order valence-corrected chi connectivity index (χ0v) is 8.95. The van der Waals surface area contributed by atoms with Crippen LogP contribution in [0.2, 0.25) is 5.28 Å². The van der Waals surface area contributed by atoms with E-state index in [4.69, 9.17) is 16.3 Å². The third-order valence-corrected chi connectivity index (χ3v) is 2.49. The van der Waals surface area contributed by atoms with Crippen LogP contribution in [0.3, 0.4) is 0 Å². The van der Waals surface area contributed by atoms with Gasteiger partial charge in [0.05, 0.1) is 6.10 Å². The first-order chi connectivity index (χ1) is 6.69. The van der Waals surface area contributed by atoms with Gasteiger partial charge in [-0.25, -0.2) is 9.97 Å². The van der Waals surface area contributed by atoms with Crippen molar-refractivity contribution >= 4 is 17.4 Å². The molecular weight excluding hydrogens is 202 g/mol. The Morgan fingerprint density at radius 2 is 2.21 bits per heavy atom. The first-order valence-corrected chi connectivity index (χ1v) is 4.86. The monoisotopic (exact) mass is 213 g/mol. The first-order valence-electron chi connectivity index (χ1n) is 4.48. The predicted octanol–water partition coefficient (Wildman–Crippen LogP) is 1.27.